The zero-order valence-electron chi connectivity index (χ0n) is 31.0. The topological polar surface area (TPSA) is 0 Å². The molecule has 8 unspecified atom stereocenters. The van der Waals surface area contributed by atoms with Gasteiger partial charge in [0.2, 0.25) is 0 Å². The molecule has 1 heteroatoms. The summed E-state index contributed by atoms with van der Waals surface area (Å²) in [6.45, 7) is 26.4. The van der Waals surface area contributed by atoms with E-state index < -0.39 is 8.07 Å². The quantitative estimate of drug-likeness (QED) is 0.269. The first-order valence-electron chi connectivity index (χ1n) is 19.9. The van der Waals surface area contributed by atoms with Gasteiger partial charge in [0.1, 0.15) is 0 Å². The smallest absolute Gasteiger partial charge is 0.0615 e. The van der Waals surface area contributed by atoms with Crippen molar-refractivity contribution in [3.8, 4) is 0 Å². The van der Waals surface area contributed by atoms with E-state index in [4.69, 9.17) is 0 Å². The van der Waals surface area contributed by atoms with Gasteiger partial charge in [-0.3, -0.25) is 0 Å². The molecule has 0 amide bonds. The fourth-order valence-electron chi connectivity index (χ4n) is 15.7. The Hall–Kier alpha value is -0.823. The van der Waals surface area contributed by atoms with Crippen LogP contribution < -0.4 is 0 Å². The minimum absolute atomic E-state index is 0.466. The van der Waals surface area contributed by atoms with Crippen molar-refractivity contribution < 1.29 is 0 Å². The highest BCUT2D eigenvalue weighted by molar-refractivity contribution is 6.83. The second kappa shape index (κ2) is 9.24. The van der Waals surface area contributed by atoms with Gasteiger partial charge in [-0.2, -0.15) is 0 Å². The van der Waals surface area contributed by atoms with Crippen LogP contribution in [0, 0.1) is 57.2 Å². The summed E-state index contributed by atoms with van der Waals surface area (Å²) in [4.78, 5) is 0. The molecule has 0 aromatic heterocycles. The second-order valence-electron chi connectivity index (χ2n) is 22.3. The predicted molar refractivity (Wildman–Crippen MR) is 194 cm³/mol. The summed E-state index contributed by atoms with van der Waals surface area (Å²) in [5, 5.41) is 0. The maximum Gasteiger partial charge on any atom is 0.0615 e. The van der Waals surface area contributed by atoms with Crippen LogP contribution in [0.1, 0.15) is 146 Å². The molecule has 0 N–H and O–H groups in total. The van der Waals surface area contributed by atoms with Crippen LogP contribution in [0.5, 0.6) is 0 Å². The predicted octanol–water partition coefficient (Wildman–Crippen LogP) is 13.0. The van der Waals surface area contributed by atoms with Crippen LogP contribution in [0.15, 0.2) is 44.6 Å². The van der Waals surface area contributed by atoms with E-state index in [9.17, 15) is 0 Å². The Morgan fingerprint density at radius 3 is 1.11 bits per heavy atom. The lowest BCUT2D eigenvalue weighted by molar-refractivity contribution is 0.347. The molecule has 1 saturated heterocycles. The fourth-order valence-corrected chi connectivity index (χ4v) is 24.3. The Morgan fingerprint density at radius 2 is 0.756 bits per heavy atom. The molecule has 246 valence electrons. The molecule has 8 aliphatic carbocycles. The number of hydrogen-bond acceptors (Lipinski definition) is 0. The van der Waals surface area contributed by atoms with Crippen LogP contribution in [0.2, 0.25) is 23.2 Å². The van der Waals surface area contributed by atoms with Gasteiger partial charge in [0.15, 0.2) is 0 Å². The lowest BCUT2D eigenvalue weighted by Gasteiger charge is -2.50. The van der Waals surface area contributed by atoms with Crippen molar-refractivity contribution in [3.05, 3.63) is 44.6 Å². The lowest BCUT2D eigenvalue weighted by atomic mass is 9.74. The molecule has 0 aromatic carbocycles. The Labute approximate surface area is 278 Å². The summed E-state index contributed by atoms with van der Waals surface area (Å²) in [7, 11) is -1.59. The fraction of sp³-hybridized carbons (Fsp3) is 0.818. The lowest BCUT2D eigenvalue weighted by Crippen LogP contribution is -2.50. The van der Waals surface area contributed by atoms with Crippen molar-refractivity contribution in [1.29, 1.82) is 0 Å². The average Bonchev–Trinajstić information content (AvgIpc) is 3.73. The summed E-state index contributed by atoms with van der Waals surface area (Å²) in [5.74, 6) is 5.48. The molecule has 0 spiro atoms. The third-order valence-electron chi connectivity index (χ3n) is 16.3. The number of rotatable bonds is 2. The Bertz CT molecular complexity index is 1370. The number of hydrogen-bond donors (Lipinski definition) is 0. The van der Waals surface area contributed by atoms with Crippen LogP contribution in [0.4, 0.5) is 0 Å². The Balaban J connectivity index is 1.17. The van der Waals surface area contributed by atoms with Crippen molar-refractivity contribution in [1.82, 2.24) is 0 Å². The number of fused-ring (bicyclic) bond motifs is 8. The molecule has 8 atom stereocenters. The van der Waals surface area contributed by atoms with Crippen LogP contribution >= 0.6 is 0 Å². The summed E-state index contributed by atoms with van der Waals surface area (Å²) in [6.07, 6.45) is 17.3. The molecule has 9 rings (SSSR count). The van der Waals surface area contributed by atoms with E-state index >= 15 is 0 Å². The molecule has 9 aliphatic rings. The first kappa shape index (κ1) is 30.3. The molecular formula is C44H66Si. The van der Waals surface area contributed by atoms with Gasteiger partial charge >= 0.3 is 0 Å². The molecule has 45 heavy (non-hydrogen) atoms. The molecule has 3 fully saturated rings. The van der Waals surface area contributed by atoms with E-state index in [1.807, 2.05) is 44.6 Å². The van der Waals surface area contributed by atoms with Crippen molar-refractivity contribution >= 4 is 8.07 Å². The summed E-state index contributed by atoms with van der Waals surface area (Å²) >= 11 is 0. The summed E-state index contributed by atoms with van der Waals surface area (Å²) in [6, 6.07) is 3.35. The van der Waals surface area contributed by atoms with E-state index in [-0.39, 0.29) is 0 Å². The highest BCUT2D eigenvalue weighted by atomic mass is 28.3. The largest absolute Gasteiger partial charge is 0.0625 e. The zero-order valence-corrected chi connectivity index (χ0v) is 32.0. The zero-order chi connectivity index (χ0) is 31.6. The van der Waals surface area contributed by atoms with Crippen molar-refractivity contribution in [2.75, 3.05) is 0 Å². The molecule has 0 nitrogen and oxygen atoms in total. The normalized spacial score (nSPS) is 44.4. The van der Waals surface area contributed by atoms with Crippen molar-refractivity contribution in [2.45, 2.75) is 169 Å². The Kier molecular flexibility index (Phi) is 6.21. The van der Waals surface area contributed by atoms with Crippen LogP contribution in [-0.4, -0.2) is 8.07 Å². The van der Waals surface area contributed by atoms with Gasteiger partial charge in [-0.1, -0.05) is 116 Å². The maximum atomic E-state index is 2.80. The number of allylic oxidation sites excluding steroid dienone is 8. The SMILES string of the molecule is CC1CC2C3=C(CC(C)(C)C3)C3=C(CC(C)(C)C3)C2C1[Si]1(C2C(C)CC3C4=C(CC(C)(C)C4)C4=C(CC(C)(C)C4)C32)CCCC1. The molecule has 1 aliphatic heterocycles. The third-order valence-corrected chi connectivity index (χ3v) is 23.3. The molecule has 2 saturated carbocycles. The van der Waals surface area contributed by atoms with E-state index in [0.717, 1.165) is 46.6 Å². The average molecular weight is 623 g/mol. The molecule has 0 aromatic rings. The Morgan fingerprint density at radius 1 is 0.444 bits per heavy atom. The highest BCUT2D eigenvalue weighted by Gasteiger charge is 2.66. The van der Waals surface area contributed by atoms with Crippen LogP contribution in [0.3, 0.4) is 0 Å². The minimum Gasteiger partial charge on any atom is -0.0625 e. The second-order valence-corrected chi connectivity index (χ2v) is 27.1. The monoisotopic (exact) mass is 622 g/mol. The summed E-state index contributed by atoms with van der Waals surface area (Å²) < 4.78 is 0. The summed E-state index contributed by atoms with van der Waals surface area (Å²) in [5.41, 5.74) is 19.7. The standard InChI is InChI=1S/C44H66Si/c1-25-15-27-29-17-41(3,4)19-31(29)33-21-43(7,8)23-35(33)37(27)39(25)45(13-11-12-14-45)40-26(2)16-28-30-18-42(5,6)20-32(30)34-22-44(9,10)24-36(34)38(28)40/h25-28,37-40H,11-24H2,1-10H3. The molecule has 0 radical (unpaired) electrons. The maximum absolute atomic E-state index is 2.80. The van der Waals surface area contributed by atoms with E-state index in [2.05, 4.69) is 69.2 Å². The van der Waals surface area contributed by atoms with E-state index in [1.54, 1.807) is 24.9 Å². The molecule has 0 bridgehead atoms. The molecule has 1 heterocycles. The van der Waals surface area contributed by atoms with Gasteiger partial charge in [0.25, 0.3) is 0 Å². The van der Waals surface area contributed by atoms with E-state index in [0.29, 0.717) is 21.7 Å². The first-order chi connectivity index (χ1) is 21.0. The van der Waals surface area contributed by atoms with Crippen molar-refractivity contribution in [2.24, 2.45) is 57.2 Å². The third kappa shape index (κ3) is 4.19. The van der Waals surface area contributed by atoms with Crippen LogP contribution in [-0.2, 0) is 0 Å². The van der Waals surface area contributed by atoms with E-state index in [1.165, 1.54) is 64.2 Å². The van der Waals surface area contributed by atoms with Gasteiger partial charge in [-0.25, -0.2) is 0 Å². The first-order valence-corrected chi connectivity index (χ1v) is 22.5. The highest BCUT2D eigenvalue weighted by Crippen LogP contribution is 2.75. The van der Waals surface area contributed by atoms with Gasteiger partial charge in [-0.15, -0.1) is 0 Å². The van der Waals surface area contributed by atoms with Gasteiger partial charge in [-0.05, 0) is 155 Å². The van der Waals surface area contributed by atoms with Gasteiger partial charge < -0.3 is 0 Å². The minimum atomic E-state index is -1.59. The van der Waals surface area contributed by atoms with Gasteiger partial charge in [0, 0.05) is 0 Å². The molecular weight excluding hydrogens is 557 g/mol. The van der Waals surface area contributed by atoms with Crippen LogP contribution in [0.25, 0.3) is 0 Å². The van der Waals surface area contributed by atoms with Crippen molar-refractivity contribution in [3.63, 3.8) is 0 Å². The van der Waals surface area contributed by atoms with Gasteiger partial charge in [0.05, 0.1) is 8.07 Å².